The molecule has 0 aliphatic rings. The SMILES string of the molecule is Cn1ccnc1CCC(NN)c1ccc(F)cc1. The Bertz CT molecular complexity index is 492. The van der Waals surface area contributed by atoms with E-state index in [1.165, 1.54) is 12.1 Å². The maximum Gasteiger partial charge on any atom is 0.123 e. The molecule has 0 aliphatic heterocycles. The molecule has 0 fully saturated rings. The van der Waals surface area contributed by atoms with Crippen LogP contribution in [0.15, 0.2) is 36.7 Å². The van der Waals surface area contributed by atoms with Crippen LogP contribution in [0.5, 0.6) is 0 Å². The summed E-state index contributed by atoms with van der Waals surface area (Å²) >= 11 is 0. The molecule has 1 heterocycles. The average molecular weight is 248 g/mol. The van der Waals surface area contributed by atoms with Gasteiger partial charge < -0.3 is 4.57 Å². The van der Waals surface area contributed by atoms with E-state index in [1.807, 2.05) is 17.8 Å². The zero-order valence-electron chi connectivity index (χ0n) is 10.3. The highest BCUT2D eigenvalue weighted by Gasteiger charge is 2.11. The summed E-state index contributed by atoms with van der Waals surface area (Å²) in [5.41, 5.74) is 3.74. The van der Waals surface area contributed by atoms with Gasteiger partial charge in [-0.2, -0.15) is 0 Å². The van der Waals surface area contributed by atoms with Gasteiger partial charge in [0, 0.05) is 31.9 Å². The van der Waals surface area contributed by atoms with E-state index in [0.29, 0.717) is 0 Å². The fourth-order valence-electron chi connectivity index (χ4n) is 1.95. The highest BCUT2D eigenvalue weighted by atomic mass is 19.1. The molecular weight excluding hydrogens is 231 g/mol. The van der Waals surface area contributed by atoms with Crippen LogP contribution in [-0.2, 0) is 13.5 Å². The molecule has 1 atom stereocenters. The highest BCUT2D eigenvalue weighted by Crippen LogP contribution is 2.18. The number of hydrazine groups is 1. The van der Waals surface area contributed by atoms with Gasteiger partial charge in [-0.3, -0.25) is 11.3 Å². The molecule has 0 saturated heterocycles. The summed E-state index contributed by atoms with van der Waals surface area (Å²) < 4.78 is 14.8. The third-order valence-corrected chi connectivity index (χ3v) is 3.05. The quantitative estimate of drug-likeness (QED) is 0.625. The number of hydrogen-bond donors (Lipinski definition) is 2. The van der Waals surface area contributed by atoms with Gasteiger partial charge in [-0.1, -0.05) is 12.1 Å². The van der Waals surface area contributed by atoms with Crippen LogP contribution < -0.4 is 11.3 Å². The second kappa shape index (κ2) is 5.75. The normalized spacial score (nSPS) is 12.6. The molecule has 5 heteroatoms. The summed E-state index contributed by atoms with van der Waals surface area (Å²) in [6.45, 7) is 0. The molecule has 0 saturated carbocycles. The Hall–Kier alpha value is -1.72. The molecule has 4 nitrogen and oxygen atoms in total. The van der Waals surface area contributed by atoms with Gasteiger partial charge in [0.2, 0.25) is 0 Å². The van der Waals surface area contributed by atoms with E-state index < -0.39 is 0 Å². The Kier molecular flexibility index (Phi) is 4.07. The number of aryl methyl sites for hydroxylation is 2. The smallest absolute Gasteiger partial charge is 0.123 e. The van der Waals surface area contributed by atoms with Crippen LogP contribution in [0.4, 0.5) is 4.39 Å². The van der Waals surface area contributed by atoms with Crippen LogP contribution in [0.3, 0.4) is 0 Å². The molecule has 1 unspecified atom stereocenters. The Labute approximate surface area is 106 Å². The Morgan fingerprint density at radius 2 is 2.11 bits per heavy atom. The van der Waals surface area contributed by atoms with Crippen molar-refractivity contribution < 1.29 is 4.39 Å². The van der Waals surface area contributed by atoms with Crippen molar-refractivity contribution in [2.45, 2.75) is 18.9 Å². The van der Waals surface area contributed by atoms with Gasteiger partial charge in [0.25, 0.3) is 0 Å². The molecule has 1 aromatic carbocycles. The predicted octanol–water partition coefficient (Wildman–Crippen LogP) is 1.70. The van der Waals surface area contributed by atoms with Crippen LogP contribution in [-0.4, -0.2) is 9.55 Å². The van der Waals surface area contributed by atoms with Crippen molar-refractivity contribution >= 4 is 0 Å². The monoisotopic (exact) mass is 248 g/mol. The molecule has 2 aromatic rings. The minimum absolute atomic E-state index is 0.00213. The topological polar surface area (TPSA) is 55.9 Å². The lowest BCUT2D eigenvalue weighted by Gasteiger charge is -2.16. The van der Waals surface area contributed by atoms with Crippen molar-refractivity contribution in [2.24, 2.45) is 12.9 Å². The number of halogens is 1. The fraction of sp³-hybridized carbons (Fsp3) is 0.308. The van der Waals surface area contributed by atoms with Crippen LogP contribution in [0, 0.1) is 5.82 Å². The number of aromatic nitrogens is 2. The maximum absolute atomic E-state index is 12.9. The second-order valence-electron chi connectivity index (χ2n) is 4.26. The second-order valence-corrected chi connectivity index (χ2v) is 4.26. The van der Waals surface area contributed by atoms with Gasteiger partial charge in [-0.05, 0) is 24.1 Å². The molecule has 0 radical (unpaired) electrons. The third-order valence-electron chi connectivity index (χ3n) is 3.05. The Morgan fingerprint density at radius 3 is 2.67 bits per heavy atom. The summed E-state index contributed by atoms with van der Waals surface area (Å²) in [6.07, 6.45) is 5.32. The Morgan fingerprint density at radius 1 is 1.39 bits per heavy atom. The van der Waals surface area contributed by atoms with Crippen molar-refractivity contribution in [1.82, 2.24) is 15.0 Å². The average Bonchev–Trinajstić information content (AvgIpc) is 2.78. The number of benzene rings is 1. The maximum atomic E-state index is 12.9. The molecule has 0 aliphatic carbocycles. The number of imidazole rings is 1. The van der Waals surface area contributed by atoms with Gasteiger partial charge in [0.1, 0.15) is 11.6 Å². The zero-order chi connectivity index (χ0) is 13.0. The molecule has 3 N–H and O–H groups in total. The van der Waals surface area contributed by atoms with Crippen molar-refractivity contribution in [3.05, 3.63) is 53.9 Å². The zero-order valence-corrected chi connectivity index (χ0v) is 10.3. The molecule has 18 heavy (non-hydrogen) atoms. The van der Waals surface area contributed by atoms with Crippen LogP contribution >= 0.6 is 0 Å². The third kappa shape index (κ3) is 2.94. The number of nitrogens with one attached hydrogen (secondary N) is 1. The molecule has 2 rings (SSSR count). The van der Waals surface area contributed by atoms with E-state index in [-0.39, 0.29) is 11.9 Å². The lowest BCUT2D eigenvalue weighted by atomic mass is 10.0. The van der Waals surface area contributed by atoms with E-state index in [0.717, 1.165) is 24.2 Å². The van der Waals surface area contributed by atoms with E-state index in [4.69, 9.17) is 5.84 Å². The lowest BCUT2D eigenvalue weighted by molar-refractivity contribution is 0.505. The predicted molar refractivity (Wildman–Crippen MR) is 68.0 cm³/mol. The van der Waals surface area contributed by atoms with E-state index >= 15 is 0 Å². The van der Waals surface area contributed by atoms with Gasteiger partial charge in [-0.25, -0.2) is 9.37 Å². The summed E-state index contributed by atoms with van der Waals surface area (Å²) in [5, 5.41) is 0. The summed E-state index contributed by atoms with van der Waals surface area (Å²) in [6, 6.07) is 6.39. The molecular formula is C13H17FN4. The number of rotatable bonds is 5. The molecule has 96 valence electrons. The number of nitrogens with two attached hydrogens (primary N) is 1. The minimum Gasteiger partial charge on any atom is -0.338 e. The standard InChI is InChI=1S/C13H17FN4/c1-18-9-8-16-13(18)7-6-12(17-15)10-2-4-11(14)5-3-10/h2-5,8-9,12,17H,6-7,15H2,1H3. The van der Waals surface area contributed by atoms with Crippen molar-refractivity contribution in [3.63, 3.8) is 0 Å². The summed E-state index contributed by atoms with van der Waals surface area (Å²) in [4.78, 5) is 4.26. The lowest BCUT2D eigenvalue weighted by Crippen LogP contribution is -2.28. The molecule has 0 bridgehead atoms. The van der Waals surface area contributed by atoms with Crippen molar-refractivity contribution in [3.8, 4) is 0 Å². The van der Waals surface area contributed by atoms with E-state index in [9.17, 15) is 4.39 Å². The van der Waals surface area contributed by atoms with Crippen molar-refractivity contribution in [1.29, 1.82) is 0 Å². The highest BCUT2D eigenvalue weighted by molar-refractivity contribution is 5.19. The van der Waals surface area contributed by atoms with Gasteiger partial charge in [-0.15, -0.1) is 0 Å². The van der Waals surface area contributed by atoms with Crippen LogP contribution in [0.25, 0.3) is 0 Å². The van der Waals surface area contributed by atoms with Gasteiger partial charge in [0.15, 0.2) is 0 Å². The Balaban J connectivity index is 2.01. The number of hydrogen-bond acceptors (Lipinski definition) is 3. The molecule has 0 amide bonds. The largest absolute Gasteiger partial charge is 0.338 e. The van der Waals surface area contributed by atoms with Gasteiger partial charge in [0.05, 0.1) is 0 Å². The molecule has 0 spiro atoms. The van der Waals surface area contributed by atoms with Gasteiger partial charge >= 0.3 is 0 Å². The van der Waals surface area contributed by atoms with Crippen molar-refractivity contribution in [2.75, 3.05) is 0 Å². The van der Waals surface area contributed by atoms with E-state index in [2.05, 4.69) is 10.4 Å². The van der Waals surface area contributed by atoms with Crippen LogP contribution in [0.2, 0.25) is 0 Å². The first-order valence-corrected chi connectivity index (χ1v) is 5.88. The molecule has 1 aromatic heterocycles. The van der Waals surface area contributed by atoms with E-state index in [1.54, 1.807) is 18.3 Å². The minimum atomic E-state index is -0.237. The van der Waals surface area contributed by atoms with Crippen LogP contribution in [0.1, 0.15) is 23.9 Å². The first kappa shape index (κ1) is 12.7. The first-order valence-electron chi connectivity index (χ1n) is 5.88. The summed E-state index contributed by atoms with van der Waals surface area (Å²) in [7, 11) is 1.96. The summed E-state index contributed by atoms with van der Waals surface area (Å²) in [5.74, 6) is 6.32. The number of nitrogens with zero attached hydrogens (tertiary/aromatic N) is 2. The fourth-order valence-corrected chi connectivity index (χ4v) is 1.95. The first-order chi connectivity index (χ1) is 8.70.